The first-order valence-electron chi connectivity index (χ1n) is 6.23. The largest absolute Gasteiger partial charge is 0.495 e. The first-order valence-corrected chi connectivity index (χ1v) is 6.23. The number of hydrogen-bond donors (Lipinski definition) is 1. The molecular weight excluding hydrogens is 262 g/mol. The van der Waals surface area contributed by atoms with E-state index in [1.54, 1.807) is 26.6 Å². The third kappa shape index (κ3) is 3.51. The molecule has 0 amide bonds. The fourth-order valence-electron chi connectivity index (χ4n) is 2.09. The van der Waals surface area contributed by atoms with Crippen molar-refractivity contribution in [1.29, 1.82) is 0 Å². The molecule has 0 saturated heterocycles. The molecule has 106 valence electrons. The SMILES string of the molecule is CNC(Cc1cc(F)cc(F)c1)c1cncc(OC)c1. The number of pyridine rings is 1. The molecule has 1 heterocycles. The zero-order valence-electron chi connectivity index (χ0n) is 11.4. The molecule has 3 nitrogen and oxygen atoms in total. The molecule has 0 spiro atoms. The van der Waals surface area contributed by atoms with E-state index in [2.05, 4.69) is 10.3 Å². The van der Waals surface area contributed by atoms with Gasteiger partial charge >= 0.3 is 0 Å². The van der Waals surface area contributed by atoms with Crippen LogP contribution >= 0.6 is 0 Å². The lowest BCUT2D eigenvalue weighted by Crippen LogP contribution is -2.19. The van der Waals surface area contributed by atoms with Gasteiger partial charge in [-0.3, -0.25) is 4.98 Å². The third-order valence-corrected chi connectivity index (χ3v) is 3.08. The minimum absolute atomic E-state index is 0.0983. The van der Waals surface area contributed by atoms with Gasteiger partial charge in [0.05, 0.1) is 13.3 Å². The number of hydrogen-bond acceptors (Lipinski definition) is 3. The van der Waals surface area contributed by atoms with Crippen LogP contribution in [0.5, 0.6) is 5.75 Å². The van der Waals surface area contributed by atoms with Gasteiger partial charge in [-0.2, -0.15) is 0 Å². The molecule has 1 N–H and O–H groups in total. The van der Waals surface area contributed by atoms with E-state index in [-0.39, 0.29) is 6.04 Å². The van der Waals surface area contributed by atoms with E-state index in [0.717, 1.165) is 11.6 Å². The van der Waals surface area contributed by atoms with Crippen molar-refractivity contribution in [1.82, 2.24) is 10.3 Å². The molecule has 20 heavy (non-hydrogen) atoms. The Morgan fingerprint density at radius 2 is 1.85 bits per heavy atom. The zero-order chi connectivity index (χ0) is 14.5. The second-order valence-corrected chi connectivity index (χ2v) is 4.48. The molecule has 2 rings (SSSR count). The number of nitrogens with one attached hydrogen (secondary N) is 1. The average molecular weight is 278 g/mol. The number of rotatable bonds is 5. The molecule has 0 aliphatic rings. The molecular formula is C15H16F2N2O. The predicted octanol–water partition coefficient (Wildman–Crippen LogP) is 2.87. The lowest BCUT2D eigenvalue weighted by Gasteiger charge is -2.17. The van der Waals surface area contributed by atoms with E-state index >= 15 is 0 Å². The number of ether oxygens (including phenoxy) is 1. The van der Waals surface area contributed by atoms with E-state index in [4.69, 9.17) is 4.74 Å². The topological polar surface area (TPSA) is 34.2 Å². The maximum Gasteiger partial charge on any atom is 0.137 e. The Bertz CT molecular complexity index is 570. The summed E-state index contributed by atoms with van der Waals surface area (Å²) >= 11 is 0. The van der Waals surface area contributed by atoms with Crippen LogP contribution in [-0.2, 0) is 6.42 Å². The minimum Gasteiger partial charge on any atom is -0.495 e. The lowest BCUT2D eigenvalue weighted by atomic mass is 10.00. The average Bonchev–Trinajstić information content (AvgIpc) is 2.44. The van der Waals surface area contributed by atoms with Crippen molar-refractivity contribution in [3.05, 3.63) is 59.4 Å². The van der Waals surface area contributed by atoms with Gasteiger partial charge in [-0.15, -0.1) is 0 Å². The smallest absolute Gasteiger partial charge is 0.137 e. The quantitative estimate of drug-likeness (QED) is 0.913. The van der Waals surface area contributed by atoms with Gasteiger partial charge in [0.15, 0.2) is 0 Å². The lowest BCUT2D eigenvalue weighted by molar-refractivity contribution is 0.411. The van der Waals surface area contributed by atoms with E-state index < -0.39 is 11.6 Å². The minimum atomic E-state index is -0.571. The second-order valence-electron chi connectivity index (χ2n) is 4.48. The number of aromatic nitrogens is 1. The molecule has 1 aromatic carbocycles. The van der Waals surface area contributed by atoms with Crippen LogP contribution in [0, 0.1) is 11.6 Å². The molecule has 0 aliphatic carbocycles. The van der Waals surface area contributed by atoms with Gasteiger partial charge in [0, 0.05) is 18.3 Å². The van der Waals surface area contributed by atoms with E-state index in [1.165, 1.54) is 12.1 Å². The molecule has 0 bridgehead atoms. The highest BCUT2D eigenvalue weighted by atomic mass is 19.1. The first kappa shape index (κ1) is 14.4. The number of likely N-dealkylation sites (N-methyl/N-ethyl adjacent to an activating group) is 1. The van der Waals surface area contributed by atoms with E-state index in [1.807, 2.05) is 6.07 Å². The van der Waals surface area contributed by atoms with Crippen molar-refractivity contribution in [2.24, 2.45) is 0 Å². The highest BCUT2D eigenvalue weighted by Crippen LogP contribution is 2.22. The summed E-state index contributed by atoms with van der Waals surface area (Å²) in [4.78, 5) is 4.09. The summed E-state index contributed by atoms with van der Waals surface area (Å²) in [5.74, 6) is -0.495. The number of methoxy groups -OCH3 is 1. The third-order valence-electron chi connectivity index (χ3n) is 3.08. The Morgan fingerprint density at radius 1 is 1.15 bits per heavy atom. The van der Waals surface area contributed by atoms with Crippen molar-refractivity contribution >= 4 is 0 Å². The molecule has 1 aromatic heterocycles. The van der Waals surface area contributed by atoms with E-state index in [0.29, 0.717) is 17.7 Å². The van der Waals surface area contributed by atoms with Gasteiger partial charge in [0.2, 0.25) is 0 Å². The summed E-state index contributed by atoms with van der Waals surface area (Å²) in [5.41, 5.74) is 1.49. The number of halogens is 2. The van der Waals surface area contributed by atoms with Gasteiger partial charge < -0.3 is 10.1 Å². The summed E-state index contributed by atoms with van der Waals surface area (Å²) in [6.45, 7) is 0. The fourth-order valence-corrected chi connectivity index (χ4v) is 2.09. The van der Waals surface area contributed by atoms with Crippen molar-refractivity contribution in [2.75, 3.05) is 14.2 Å². The Morgan fingerprint density at radius 3 is 2.45 bits per heavy atom. The standard InChI is InChI=1S/C15H16F2N2O/c1-18-15(11-6-14(20-2)9-19-8-11)5-10-3-12(16)7-13(17)4-10/h3-4,6-9,15,18H,5H2,1-2H3. The molecule has 0 saturated carbocycles. The monoisotopic (exact) mass is 278 g/mol. The van der Waals surface area contributed by atoms with Crippen LogP contribution < -0.4 is 10.1 Å². The Balaban J connectivity index is 2.23. The fraction of sp³-hybridized carbons (Fsp3) is 0.267. The van der Waals surface area contributed by atoms with Crippen LogP contribution in [-0.4, -0.2) is 19.1 Å². The first-order chi connectivity index (χ1) is 9.62. The second kappa shape index (κ2) is 6.43. The maximum absolute atomic E-state index is 13.2. The van der Waals surface area contributed by atoms with Crippen LogP contribution in [0.25, 0.3) is 0 Å². The summed E-state index contributed by atoms with van der Waals surface area (Å²) in [5, 5.41) is 3.12. The predicted molar refractivity (Wildman–Crippen MR) is 72.7 cm³/mol. The molecule has 1 unspecified atom stereocenters. The number of nitrogens with zero attached hydrogens (tertiary/aromatic N) is 1. The van der Waals surface area contributed by atoms with Crippen LogP contribution in [0.15, 0.2) is 36.7 Å². The van der Waals surface area contributed by atoms with Gasteiger partial charge in [-0.1, -0.05) is 0 Å². The van der Waals surface area contributed by atoms with Crippen LogP contribution in [0.4, 0.5) is 8.78 Å². The van der Waals surface area contributed by atoms with Crippen molar-refractivity contribution in [3.8, 4) is 5.75 Å². The van der Waals surface area contributed by atoms with Gasteiger partial charge in [-0.25, -0.2) is 8.78 Å². The Labute approximate surface area is 116 Å². The molecule has 0 fully saturated rings. The zero-order valence-corrected chi connectivity index (χ0v) is 11.4. The normalized spacial score (nSPS) is 12.2. The van der Waals surface area contributed by atoms with Crippen LogP contribution in [0.2, 0.25) is 0 Å². The highest BCUT2D eigenvalue weighted by molar-refractivity contribution is 5.28. The van der Waals surface area contributed by atoms with Gasteiger partial charge in [-0.05, 0) is 42.8 Å². The van der Waals surface area contributed by atoms with Crippen LogP contribution in [0.1, 0.15) is 17.2 Å². The molecule has 0 aliphatic heterocycles. The van der Waals surface area contributed by atoms with Crippen molar-refractivity contribution in [3.63, 3.8) is 0 Å². The summed E-state index contributed by atoms with van der Waals surface area (Å²) < 4.78 is 31.5. The summed E-state index contributed by atoms with van der Waals surface area (Å²) in [6.07, 6.45) is 3.78. The molecule has 5 heteroatoms. The van der Waals surface area contributed by atoms with Crippen molar-refractivity contribution in [2.45, 2.75) is 12.5 Å². The maximum atomic E-state index is 13.2. The van der Waals surface area contributed by atoms with E-state index in [9.17, 15) is 8.78 Å². The van der Waals surface area contributed by atoms with Gasteiger partial charge in [0.25, 0.3) is 0 Å². The number of benzene rings is 1. The Hall–Kier alpha value is -2.01. The molecule has 2 aromatic rings. The molecule has 1 atom stereocenters. The van der Waals surface area contributed by atoms with Gasteiger partial charge in [0.1, 0.15) is 17.4 Å². The van der Waals surface area contributed by atoms with Crippen molar-refractivity contribution < 1.29 is 13.5 Å². The Kier molecular flexibility index (Phi) is 4.63. The summed E-state index contributed by atoms with van der Waals surface area (Å²) in [6, 6.07) is 5.29. The summed E-state index contributed by atoms with van der Waals surface area (Å²) in [7, 11) is 3.36. The van der Waals surface area contributed by atoms with Crippen LogP contribution in [0.3, 0.4) is 0 Å². The molecule has 0 radical (unpaired) electrons. The highest BCUT2D eigenvalue weighted by Gasteiger charge is 2.13.